The molecule has 6 heteroatoms. The standard InChI is InChI=1S/C10H12ClIO3S/c1-7-3-5-8(6-4-7)9(13)10(11,12)16(2,14)15/h3-6,9,13H,1-2H3/t9-,10+/m0/s1. The van der Waals surface area contributed by atoms with Gasteiger partial charge >= 0.3 is 0 Å². The maximum atomic E-state index is 11.4. The Bertz CT molecular complexity index is 467. The van der Waals surface area contributed by atoms with Crippen molar-refractivity contribution in [2.24, 2.45) is 0 Å². The molecule has 0 aliphatic carbocycles. The molecule has 0 aliphatic heterocycles. The van der Waals surface area contributed by atoms with E-state index in [-0.39, 0.29) is 0 Å². The van der Waals surface area contributed by atoms with Crippen LogP contribution in [-0.4, -0.2) is 22.0 Å². The first-order chi connectivity index (χ1) is 7.16. The van der Waals surface area contributed by atoms with E-state index in [4.69, 9.17) is 11.6 Å². The van der Waals surface area contributed by atoms with Crippen LogP contribution in [0.3, 0.4) is 0 Å². The molecule has 16 heavy (non-hydrogen) atoms. The van der Waals surface area contributed by atoms with Gasteiger partial charge in [0.15, 0.2) is 9.84 Å². The Morgan fingerprint density at radius 1 is 1.38 bits per heavy atom. The van der Waals surface area contributed by atoms with Gasteiger partial charge in [-0.3, -0.25) is 0 Å². The molecule has 3 nitrogen and oxygen atoms in total. The van der Waals surface area contributed by atoms with Crippen LogP contribution in [0.25, 0.3) is 0 Å². The summed E-state index contributed by atoms with van der Waals surface area (Å²) in [5.41, 5.74) is 1.52. The molecule has 1 aromatic carbocycles. The van der Waals surface area contributed by atoms with E-state index in [1.165, 1.54) is 0 Å². The first-order valence-corrected chi connectivity index (χ1v) is 7.83. The average molecular weight is 375 g/mol. The van der Waals surface area contributed by atoms with E-state index in [1.807, 2.05) is 6.92 Å². The summed E-state index contributed by atoms with van der Waals surface area (Å²) in [6, 6.07) is 6.93. The average Bonchev–Trinajstić information content (AvgIpc) is 2.16. The Balaban J connectivity index is 3.12. The maximum absolute atomic E-state index is 11.4. The van der Waals surface area contributed by atoms with Gasteiger partial charge in [0.25, 0.3) is 0 Å². The van der Waals surface area contributed by atoms with E-state index in [1.54, 1.807) is 46.9 Å². The van der Waals surface area contributed by atoms with Crippen molar-refractivity contribution in [3.05, 3.63) is 35.4 Å². The van der Waals surface area contributed by atoms with Crippen LogP contribution in [0.4, 0.5) is 0 Å². The zero-order chi connectivity index (χ0) is 12.6. The Labute approximate surface area is 114 Å². The normalized spacial score (nSPS) is 17.8. The molecule has 0 saturated heterocycles. The molecular weight excluding hydrogens is 363 g/mol. The van der Waals surface area contributed by atoms with Gasteiger partial charge in [-0.25, -0.2) is 8.42 Å². The van der Waals surface area contributed by atoms with E-state index >= 15 is 0 Å². The highest BCUT2D eigenvalue weighted by Crippen LogP contribution is 2.42. The molecule has 1 rings (SSSR count). The van der Waals surface area contributed by atoms with Gasteiger partial charge in [0.1, 0.15) is 6.10 Å². The van der Waals surface area contributed by atoms with Gasteiger partial charge in [0.2, 0.25) is 2.21 Å². The first-order valence-electron chi connectivity index (χ1n) is 4.48. The topological polar surface area (TPSA) is 54.4 Å². The quantitative estimate of drug-likeness (QED) is 0.653. The van der Waals surface area contributed by atoms with Crippen molar-refractivity contribution in [2.75, 3.05) is 6.26 Å². The molecule has 0 unspecified atom stereocenters. The summed E-state index contributed by atoms with van der Waals surface area (Å²) in [6.07, 6.45) is -0.255. The second-order valence-electron chi connectivity index (χ2n) is 3.65. The minimum absolute atomic E-state index is 0.487. The lowest BCUT2D eigenvalue weighted by Gasteiger charge is -2.24. The van der Waals surface area contributed by atoms with Crippen LogP contribution in [0, 0.1) is 6.92 Å². The van der Waals surface area contributed by atoms with Crippen LogP contribution < -0.4 is 0 Å². The van der Waals surface area contributed by atoms with Gasteiger partial charge < -0.3 is 5.11 Å². The number of sulfone groups is 1. The summed E-state index contributed by atoms with van der Waals surface area (Å²) in [7, 11) is -3.56. The highest BCUT2D eigenvalue weighted by molar-refractivity contribution is 14.1. The zero-order valence-electron chi connectivity index (χ0n) is 8.81. The largest absolute Gasteiger partial charge is 0.385 e. The molecule has 0 fully saturated rings. The number of hydrogen-bond acceptors (Lipinski definition) is 3. The monoisotopic (exact) mass is 374 g/mol. The van der Waals surface area contributed by atoms with Gasteiger partial charge in [-0.05, 0) is 35.1 Å². The zero-order valence-corrected chi connectivity index (χ0v) is 12.5. The van der Waals surface area contributed by atoms with Crippen molar-refractivity contribution >= 4 is 44.0 Å². The van der Waals surface area contributed by atoms with Crippen LogP contribution in [-0.2, 0) is 9.84 Å². The summed E-state index contributed by atoms with van der Waals surface area (Å²) >= 11 is 7.43. The number of rotatable bonds is 3. The Morgan fingerprint density at radius 2 is 1.81 bits per heavy atom. The highest BCUT2D eigenvalue weighted by atomic mass is 127. The summed E-state index contributed by atoms with van der Waals surface area (Å²) in [5, 5.41) is 9.96. The van der Waals surface area contributed by atoms with E-state index in [2.05, 4.69) is 0 Å². The molecule has 0 heterocycles. The minimum atomic E-state index is -3.56. The minimum Gasteiger partial charge on any atom is -0.385 e. The molecule has 0 amide bonds. The molecule has 0 aliphatic rings. The van der Waals surface area contributed by atoms with Gasteiger partial charge in [-0.2, -0.15) is 0 Å². The summed E-state index contributed by atoms with van der Waals surface area (Å²) in [6.45, 7) is 1.91. The third-order valence-corrected chi connectivity index (χ3v) is 7.46. The van der Waals surface area contributed by atoms with Gasteiger partial charge in [-0.1, -0.05) is 41.4 Å². The van der Waals surface area contributed by atoms with Crippen molar-refractivity contribution in [1.29, 1.82) is 0 Å². The number of aryl methyl sites for hydroxylation is 1. The van der Waals surface area contributed by atoms with Crippen molar-refractivity contribution in [2.45, 2.75) is 15.2 Å². The van der Waals surface area contributed by atoms with Crippen molar-refractivity contribution in [3.63, 3.8) is 0 Å². The Morgan fingerprint density at radius 3 is 2.19 bits per heavy atom. The van der Waals surface area contributed by atoms with Crippen LogP contribution in [0.5, 0.6) is 0 Å². The Hall–Kier alpha value is 0.150. The highest BCUT2D eigenvalue weighted by Gasteiger charge is 2.43. The lowest BCUT2D eigenvalue weighted by molar-refractivity contribution is 0.188. The third kappa shape index (κ3) is 2.88. The number of aliphatic hydroxyl groups is 1. The molecular formula is C10H12ClIO3S. The molecule has 2 atom stereocenters. The maximum Gasteiger partial charge on any atom is 0.224 e. The second kappa shape index (κ2) is 4.80. The fourth-order valence-electron chi connectivity index (χ4n) is 1.15. The number of benzene rings is 1. The van der Waals surface area contributed by atoms with E-state index in [0.29, 0.717) is 5.56 Å². The van der Waals surface area contributed by atoms with E-state index in [0.717, 1.165) is 11.8 Å². The Kier molecular flexibility index (Phi) is 4.26. The van der Waals surface area contributed by atoms with Gasteiger partial charge in [0, 0.05) is 6.26 Å². The molecule has 90 valence electrons. The van der Waals surface area contributed by atoms with Crippen LogP contribution in [0.1, 0.15) is 17.2 Å². The fourth-order valence-corrected chi connectivity index (χ4v) is 2.17. The SMILES string of the molecule is Cc1ccc([C@H](O)[C@@](Cl)(I)S(C)(=O)=O)cc1. The third-order valence-electron chi connectivity index (χ3n) is 2.21. The van der Waals surface area contributed by atoms with Crippen molar-refractivity contribution in [3.8, 4) is 0 Å². The summed E-state index contributed by atoms with van der Waals surface area (Å²) in [4.78, 5) is 0. The summed E-state index contributed by atoms with van der Waals surface area (Å²) in [5.74, 6) is 0. The number of aliphatic hydroxyl groups excluding tert-OH is 1. The van der Waals surface area contributed by atoms with Crippen molar-refractivity contribution in [1.82, 2.24) is 0 Å². The lowest BCUT2D eigenvalue weighted by Crippen LogP contribution is -2.31. The molecule has 1 N–H and O–H groups in total. The van der Waals surface area contributed by atoms with Crippen LogP contribution in [0.15, 0.2) is 24.3 Å². The predicted octanol–water partition coefficient (Wildman–Crippen LogP) is 2.40. The number of halogens is 2. The molecule has 0 spiro atoms. The summed E-state index contributed by atoms with van der Waals surface area (Å²) < 4.78 is 21.1. The molecule has 0 bridgehead atoms. The van der Waals surface area contributed by atoms with Gasteiger partial charge in [0.05, 0.1) is 0 Å². The molecule has 0 aromatic heterocycles. The van der Waals surface area contributed by atoms with Gasteiger partial charge in [-0.15, -0.1) is 0 Å². The smallest absolute Gasteiger partial charge is 0.224 e. The van der Waals surface area contributed by atoms with Crippen LogP contribution in [0.2, 0.25) is 0 Å². The van der Waals surface area contributed by atoms with Crippen molar-refractivity contribution < 1.29 is 13.5 Å². The number of hydrogen-bond donors (Lipinski definition) is 1. The van der Waals surface area contributed by atoms with E-state index in [9.17, 15) is 13.5 Å². The van der Waals surface area contributed by atoms with E-state index < -0.39 is 18.2 Å². The van der Waals surface area contributed by atoms with Crippen LogP contribution >= 0.6 is 34.2 Å². The fraction of sp³-hybridized carbons (Fsp3) is 0.400. The lowest BCUT2D eigenvalue weighted by atomic mass is 10.1. The second-order valence-corrected chi connectivity index (χ2v) is 9.73. The number of alkyl halides is 2. The first kappa shape index (κ1) is 14.2. The predicted molar refractivity (Wildman–Crippen MR) is 73.6 cm³/mol. The molecule has 0 saturated carbocycles. The molecule has 0 radical (unpaired) electrons. The molecule has 1 aromatic rings.